The van der Waals surface area contributed by atoms with Crippen molar-refractivity contribution in [1.82, 2.24) is 14.7 Å². The van der Waals surface area contributed by atoms with Crippen LogP contribution in [-0.2, 0) is 23.0 Å². The van der Waals surface area contributed by atoms with Crippen LogP contribution in [0.3, 0.4) is 0 Å². The van der Waals surface area contributed by atoms with Gasteiger partial charge in [-0.2, -0.15) is 0 Å². The van der Waals surface area contributed by atoms with Crippen molar-refractivity contribution in [2.75, 3.05) is 11.9 Å². The highest BCUT2D eigenvalue weighted by molar-refractivity contribution is 7.89. The van der Waals surface area contributed by atoms with Crippen LogP contribution in [0.4, 0.5) is 5.69 Å². The summed E-state index contributed by atoms with van der Waals surface area (Å²) in [5, 5.41) is 3.17. The molecular weight excluding hydrogens is 276 g/mol. The van der Waals surface area contributed by atoms with Gasteiger partial charge in [0, 0.05) is 18.4 Å². The second-order valence-corrected chi connectivity index (χ2v) is 6.29. The summed E-state index contributed by atoms with van der Waals surface area (Å²) in [6.45, 7) is 1.00. The monoisotopic (exact) mass is 290 g/mol. The van der Waals surface area contributed by atoms with Gasteiger partial charge in [-0.3, -0.25) is 0 Å². The van der Waals surface area contributed by atoms with Crippen LogP contribution in [-0.4, -0.2) is 24.9 Å². The van der Waals surface area contributed by atoms with E-state index in [0.717, 1.165) is 24.2 Å². The quantitative estimate of drug-likeness (QED) is 0.875. The molecule has 0 spiro atoms. The molecule has 0 bridgehead atoms. The van der Waals surface area contributed by atoms with E-state index in [-0.39, 0.29) is 11.4 Å². The first-order chi connectivity index (χ1) is 9.65. The van der Waals surface area contributed by atoms with Crippen LogP contribution in [0, 0.1) is 0 Å². The zero-order valence-corrected chi connectivity index (χ0v) is 11.5. The lowest BCUT2D eigenvalue weighted by atomic mass is 10.2. The van der Waals surface area contributed by atoms with Gasteiger partial charge in [-0.1, -0.05) is 6.07 Å². The number of nitrogens with zero attached hydrogens (tertiary/aromatic N) is 2. The third-order valence-electron chi connectivity index (χ3n) is 3.19. The van der Waals surface area contributed by atoms with Crippen LogP contribution in [0.25, 0.3) is 0 Å². The fourth-order valence-electron chi connectivity index (χ4n) is 2.11. The van der Waals surface area contributed by atoms with Crippen LogP contribution < -0.4 is 10.0 Å². The molecule has 7 heteroatoms. The molecule has 1 aliphatic rings. The topological polar surface area (TPSA) is 84.0 Å². The summed E-state index contributed by atoms with van der Waals surface area (Å²) in [7, 11) is -3.53. The van der Waals surface area contributed by atoms with E-state index < -0.39 is 10.0 Å². The van der Waals surface area contributed by atoms with E-state index in [1.807, 2.05) is 6.07 Å². The molecule has 0 fully saturated rings. The van der Waals surface area contributed by atoms with Gasteiger partial charge < -0.3 is 5.32 Å². The molecule has 1 aromatic carbocycles. The van der Waals surface area contributed by atoms with Crippen molar-refractivity contribution in [3.63, 3.8) is 0 Å². The second kappa shape index (κ2) is 5.18. The van der Waals surface area contributed by atoms with Crippen molar-refractivity contribution in [1.29, 1.82) is 0 Å². The molecule has 104 valence electrons. The summed E-state index contributed by atoms with van der Waals surface area (Å²) >= 11 is 0. The van der Waals surface area contributed by atoms with Crippen molar-refractivity contribution in [2.45, 2.75) is 17.9 Å². The van der Waals surface area contributed by atoms with Gasteiger partial charge in [0.25, 0.3) is 0 Å². The number of sulfonamides is 1. The molecule has 0 aliphatic carbocycles. The molecule has 0 unspecified atom stereocenters. The van der Waals surface area contributed by atoms with Gasteiger partial charge in [0.2, 0.25) is 10.0 Å². The summed E-state index contributed by atoms with van der Waals surface area (Å²) < 4.78 is 27.0. The van der Waals surface area contributed by atoms with Crippen molar-refractivity contribution in [3.8, 4) is 0 Å². The second-order valence-electron chi connectivity index (χ2n) is 4.52. The van der Waals surface area contributed by atoms with Gasteiger partial charge in [-0.05, 0) is 30.2 Å². The van der Waals surface area contributed by atoms with Crippen LogP contribution in [0.15, 0.2) is 41.7 Å². The molecule has 0 amide bonds. The molecule has 0 radical (unpaired) electrons. The highest BCUT2D eigenvalue weighted by atomic mass is 32.2. The zero-order valence-electron chi connectivity index (χ0n) is 10.7. The SMILES string of the molecule is O=S(=O)(NCc1ccncn1)c1ccc2c(c1)NCC2. The molecule has 3 rings (SSSR count). The van der Waals surface area contributed by atoms with Gasteiger partial charge >= 0.3 is 0 Å². The van der Waals surface area contributed by atoms with E-state index in [4.69, 9.17) is 0 Å². The lowest BCUT2D eigenvalue weighted by molar-refractivity contribution is 0.580. The van der Waals surface area contributed by atoms with Crippen LogP contribution in [0.2, 0.25) is 0 Å². The van der Waals surface area contributed by atoms with E-state index in [1.54, 1.807) is 24.4 Å². The Hall–Kier alpha value is -1.99. The Morgan fingerprint density at radius 2 is 2.20 bits per heavy atom. The van der Waals surface area contributed by atoms with Gasteiger partial charge in [-0.25, -0.2) is 23.1 Å². The Kier molecular flexibility index (Phi) is 3.37. The minimum absolute atomic E-state index is 0.148. The smallest absolute Gasteiger partial charge is 0.240 e. The Balaban J connectivity index is 1.78. The predicted octanol–water partition coefficient (Wildman–Crippen LogP) is 0.923. The number of nitrogens with one attached hydrogen (secondary N) is 2. The van der Waals surface area contributed by atoms with Crippen LogP contribution in [0.5, 0.6) is 0 Å². The standard InChI is InChI=1S/C13H14N4O2S/c18-20(19,17-8-11-4-5-14-9-16-11)12-2-1-10-3-6-15-13(10)7-12/h1-2,4-5,7,9,15,17H,3,6,8H2. The number of fused-ring (bicyclic) bond motifs is 1. The van der Waals surface area contributed by atoms with E-state index >= 15 is 0 Å². The molecule has 20 heavy (non-hydrogen) atoms. The molecule has 1 aromatic heterocycles. The molecule has 0 saturated heterocycles. The molecule has 2 heterocycles. The van der Waals surface area contributed by atoms with E-state index in [2.05, 4.69) is 20.0 Å². The summed E-state index contributed by atoms with van der Waals surface area (Å²) in [6, 6.07) is 6.83. The Morgan fingerprint density at radius 3 is 3.00 bits per heavy atom. The first kappa shape index (κ1) is 13.0. The van der Waals surface area contributed by atoms with Gasteiger partial charge in [0.1, 0.15) is 6.33 Å². The maximum atomic E-state index is 12.2. The first-order valence-electron chi connectivity index (χ1n) is 6.26. The van der Waals surface area contributed by atoms with Crippen molar-refractivity contribution in [3.05, 3.63) is 48.0 Å². The highest BCUT2D eigenvalue weighted by Crippen LogP contribution is 2.25. The minimum Gasteiger partial charge on any atom is -0.384 e. The number of aromatic nitrogens is 2. The normalized spacial score (nSPS) is 13.8. The largest absolute Gasteiger partial charge is 0.384 e. The molecule has 2 N–H and O–H groups in total. The van der Waals surface area contributed by atoms with Crippen molar-refractivity contribution >= 4 is 15.7 Å². The van der Waals surface area contributed by atoms with E-state index in [9.17, 15) is 8.42 Å². The lowest BCUT2D eigenvalue weighted by Gasteiger charge is -2.08. The maximum absolute atomic E-state index is 12.2. The third-order valence-corrected chi connectivity index (χ3v) is 4.59. The molecule has 0 saturated carbocycles. The molecule has 2 aromatic rings. The van der Waals surface area contributed by atoms with E-state index in [1.165, 1.54) is 6.33 Å². The number of anilines is 1. The van der Waals surface area contributed by atoms with Crippen LogP contribution in [0.1, 0.15) is 11.3 Å². The predicted molar refractivity (Wildman–Crippen MR) is 74.7 cm³/mol. The minimum atomic E-state index is -3.53. The number of hydrogen-bond acceptors (Lipinski definition) is 5. The number of rotatable bonds is 4. The zero-order chi connectivity index (χ0) is 14.0. The fraction of sp³-hybridized carbons (Fsp3) is 0.231. The molecule has 0 atom stereocenters. The van der Waals surface area contributed by atoms with Gasteiger partial charge in [-0.15, -0.1) is 0 Å². The van der Waals surface area contributed by atoms with Gasteiger partial charge in [0.15, 0.2) is 0 Å². The summed E-state index contributed by atoms with van der Waals surface area (Å²) in [6.07, 6.45) is 3.91. The fourth-order valence-corrected chi connectivity index (χ4v) is 3.14. The lowest BCUT2D eigenvalue weighted by Crippen LogP contribution is -2.23. The van der Waals surface area contributed by atoms with E-state index in [0.29, 0.717) is 5.69 Å². The van der Waals surface area contributed by atoms with Crippen molar-refractivity contribution in [2.24, 2.45) is 0 Å². The first-order valence-corrected chi connectivity index (χ1v) is 7.75. The Bertz CT molecular complexity index is 716. The average molecular weight is 290 g/mol. The van der Waals surface area contributed by atoms with Crippen LogP contribution >= 0.6 is 0 Å². The maximum Gasteiger partial charge on any atom is 0.240 e. The third kappa shape index (κ3) is 2.63. The van der Waals surface area contributed by atoms with Crippen molar-refractivity contribution < 1.29 is 8.42 Å². The summed E-state index contributed by atoms with van der Waals surface area (Å²) in [4.78, 5) is 8.04. The summed E-state index contributed by atoms with van der Waals surface area (Å²) in [5.41, 5.74) is 2.68. The Morgan fingerprint density at radius 1 is 1.30 bits per heavy atom. The average Bonchev–Trinajstić information content (AvgIpc) is 2.94. The number of hydrogen-bond donors (Lipinski definition) is 2. The highest BCUT2D eigenvalue weighted by Gasteiger charge is 2.18. The summed E-state index contributed by atoms with van der Waals surface area (Å²) in [5.74, 6) is 0. The molecule has 1 aliphatic heterocycles. The molecular formula is C13H14N4O2S. The molecule has 6 nitrogen and oxygen atoms in total. The van der Waals surface area contributed by atoms with Gasteiger partial charge in [0.05, 0.1) is 17.1 Å². The Labute approximate surface area is 117 Å². The number of benzene rings is 1.